The van der Waals surface area contributed by atoms with E-state index in [0.29, 0.717) is 11.7 Å². The van der Waals surface area contributed by atoms with Crippen LogP contribution >= 0.6 is 11.6 Å². The number of rotatable bonds is 3. The van der Waals surface area contributed by atoms with Gasteiger partial charge in [0.1, 0.15) is 5.82 Å². The number of aromatic nitrogens is 3. The number of nitrogens with zero attached hydrogens (tertiary/aromatic N) is 4. The third-order valence-electron chi connectivity index (χ3n) is 4.04. The van der Waals surface area contributed by atoms with Crippen molar-refractivity contribution in [3.05, 3.63) is 59.5 Å². The molecule has 126 valence electrons. The van der Waals surface area contributed by atoms with Gasteiger partial charge in [0, 0.05) is 35.9 Å². The van der Waals surface area contributed by atoms with Gasteiger partial charge in [-0.05, 0) is 30.3 Å². The van der Waals surface area contributed by atoms with Crippen LogP contribution in [0.2, 0.25) is 5.02 Å². The minimum Gasteiger partial charge on any atom is -0.339 e. The topological polar surface area (TPSA) is 72.1 Å². The third-order valence-corrected chi connectivity index (χ3v) is 4.27. The van der Waals surface area contributed by atoms with Crippen molar-refractivity contribution in [2.45, 2.75) is 12.3 Å². The molecule has 3 heterocycles. The third kappa shape index (κ3) is 2.98. The van der Waals surface area contributed by atoms with Gasteiger partial charge < -0.3 is 9.42 Å². The van der Waals surface area contributed by atoms with E-state index in [4.69, 9.17) is 16.1 Å². The van der Waals surface area contributed by atoms with E-state index in [9.17, 15) is 9.18 Å². The molecule has 8 heteroatoms. The fourth-order valence-corrected chi connectivity index (χ4v) is 2.98. The van der Waals surface area contributed by atoms with Crippen LogP contribution in [0.4, 0.5) is 10.1 Å². The second-order valence-corrected chi connectivity index (χ2v) is 6.14. The van der Waals surface area contributed by atoms with Crippen LogP contribution in [-0.4, -0.2) is 27.6 Å². The van der Waals surface area contributed by atoms with Crippen LogP contribution in [0.3, 0.4) is 0 Å². The molecular weight excluding hydrogens is 347 g/mol. The summed E-state index contributed by atoms with van der Waals surface area (Å²) < 4.78 is 19.4. The maximum absolute atomic E-state index is 14.1. The molecule has 1 amide bonds. The Labute approximate surface area is 147 Å². The lowest BCUT2D eigenvalue weighted by Crippen LogP contribution is -2.25. The molecule has 0 spiro atoms. The van der Waals surface area contributed by atoms with Crippen LogP contribution in [-0.2, 0) is 4.79 Å². The Morgan fingerprint density at radius 2 is 2.20 bits per heavy atom. The Hall–Kier alpha value is -2.80. The van der Waals surface area contributed by atoms with Crippen LogP contribution in [0.15, 0.2) is 47.2 Å². The highest BCUT2D eigenvalue weighted by Crippen LogP contribution is 2.33. The Morgan fingerprint density at radius 3 is 2.96 bits per heavy atom. The molecule has 0 bridgehead atoms. The maximum atomic E-state index is 14.1. The Balaban J connectivity index is 1.57. The molecule has 2 aromatic heterocycles. The van der Waals surface area contributed by atoms with E-state index in [1.54, 1.807) is 24.5 Å². The summed E-state index contributed by atoms with van der Waals surface area (Å²) in [5.41, 5.74) is 0.923. The van der Waals surface area contributed by atoms with E-state index in [0.717, 1.165) is 5.56 Å². The highest BCUT2D eigenvalue weighted by Gasteiger charge is 2.36. The van der Waals surface area contributed by atoms with Crippen molar-refractivity contribution in [2.75, 3.05) is 11.4 Å². The Bertz CT molecular complexity index is 931. The number of anilines is 1. The first-order valence-electron chi connectivity index (χ1n) is 7.61. The minimum absolute atomic E-state index is 0.177. The van der Waals surface area contributed by atoms with Crippen molar-refractivity contribution in [3.8, 4) is 11.4 Å². The van der Waals surface area contributed by atoms with Gasteiger partial charge in [-0.1, -0.05) is 16.8 Å². The first kappa shape index (κ1) is 15.7. The number of benzene rings is 1. The van der Waals surface area contributed by atoms with Crippen LogP contribution in [0.25, 0.3) is 11.4 Å². The number of hydrogen-bond acceptors (Lipinski definition) is 5. The van der Waals surface area contributed by atoms with Crippen molar-refractivity contribution >= 4 is 23.2 Å². The van der Waals surface area contributed by atoms with Crippen molar-refractivity contribution in [1.82, 2.24) is 15.1 Å². The van der Waals surface area contributed by atoms with Crippen LogP contribution in [0, 0.1) is 5.82 Å². The van der Waals surface area contributed by atoms with Gasteiger partial charge in [0.15, 0.2) is 0 Å². The summed E-state index contributed by atoms with van der Waals surface area (Å²) in [4.78, 5) is 22.0. The van der Waals surface area contributed by atoms with Gasteiger partial charge in [-0.25, -0.2) is 4.39 Å². The zero-order chi connectivity index (χ0) is 17.4. The number of carbonyl (C=O) groups excluding carboxylic acids is 1. The normalized spacial score (nSPS) is 17.3. The highest BCUT2D eigenvalue weighted by atomic mass is 35.5. The van der Waals surface area contributed by atoms with Gasteiger partial charge in [-0.2, -0.15) is 4.98 Å². The average molecular weight is 359 g/mol. The number of halogens is 2. The molecular formula is C17H12ClFN4O2. The van der Waals surface area contributed by atoms with Crippen molar-refractivity contribution < 1.29 is 13.7 Å². The number of carbonyl (C=O) groups is 1. The molecule has 1 unspecified atom stereocenters. The van der Waals surface area contributed by atoms with Crippen molar-refractivity contribution in [3.63, 3.8) is 0 Å². The lowest BCUT2D eigenvalue weighted by Gasteiger charge is -2.16. The monoisotopic (exact) mass is 358 g/mol. The molecule has 0 saturated carbocycles. The van der Waals surface area contributed by atoms with Crippen LogP contribution in [0.5, 0.6) is 0 Å². The van der Waals surface area contributed by atoms with Gasteiger partial charge in [0.2, 0.25) is 17.6 Å². The Kier molecular flexibility index (Phi) is 3.93. The lowest BCUT2D eigenvalue weighted by atomic mass is 10.1. The van der Waals surface area contributed by atoms with E-state index >= 15 is 0 Å². The predicted molar refractivity (Wildman–Crippen MR) is 88.7 cm³/mol. The molecule has 1 aromatic carbocycles. The summed E-state index contributed by atoms with van der Waals surface area (Å²) in [6, 6.07) is 7.82. The summed E-state index contributed by atoms with van der Waals surface area (Å²) in [5, 5.41) is 4.22. The zero-order valence-corrected chi connectivity index (χ0v) is 13.7. The van der Waals surface area contributed by atoms with Crippen molar-refractivity contribution in [1.29, 1.82) is 0 Å². The first-order chi connectivity index (χ1) is 12.1. The summed E-state index contributed by atoms with van der Waals surface area (Å²) in [5.74, 6) is -0.272. The van der Waals surface area contributed by atoms with E-state index in [2.05, 4.69) is 15.1 Å². The number of hydrogen-bond donors (Lipinski definition) is 0. The summed E-state index contributed by atoms with van der Waals surface area (Å²) in [6.45, 7) is 0.270. The first-order valence-corrected chi connectivity index (χ1v) is 7.99. The van der Waals surface area contributed by atoms with Gasteiger partial charge in [0.25, 0.3) is 0 Å². The molecule has 0 aliphatic carbocycles. The summed E-state index contributed by atoms with van der Waals surface area (Å²) in [7, 11) is 0. The molecule has 0 radical (unpaired) electrons. The van der Waals surface area contributed by atoms with Gasteiger partial charge in [0.05, 0.1) is 11.6 Å². The quantitative estimate of drug-likeness (QED) is 0.717. The van der Waals surface area contributed by atoms with E-state index in [1.807, 2.05) is 6.07 Å². The average Bonchev–Trinajstić information content (AvgIpc) is 3.23. The fourth-order valence-electron chi connectivity index (χ4n) is 2.82. The number of pyridine rings is 1. The molecule has 1 aliphatic rings. The molecule has 25 heavy (non-hydrogen) atoms. The molecule has 1 saturated heterocycles. The van der Waals surface area contributed by atoms with Crippen LogP contribution < -0.4 is 4.90 Å². The predicted octanol–water partition coefficient (Wildman–Crippen LogP) is 3.44. The largest absolute Gasteiger partial charge is 0.339 e. The molecule has 4 rings (SSSR count). The zero-order valence-electron chi connectivity index (χ0n) is 12.9. The Morgan fingerprint density at radius 1 is 1.32 bits per heavy atom. The summed E-state index contributed by atoms with van der Waals surface area (Å²) >= 11 is 5.76. The van der Waals surface area contributed by atoms with Crippen molar-refractivity contribution in [2.24, 2.45) is 0 Å². The lowest BCUT2D eigenvalue weighted by molar-refractivity contribution is -0.117. The van der Waals surface area contributed by atoms with Crippen LogP contribution in [0.1, 0.15) is 18.2 Å². The molecule has 0 N–H and O–H groups in total. The summed E-state index contributed by atoms with van der Waals surface area (Å²) in [6.07, 6.45) is 3.46. The minimum atomic E-state index is -0.539. The SMILES string of the molecule is O=C1CC(c2nc(-c3cccnc3)no2)CN1c1ccc(Cl)cc1F. The van der Waals surface area contributed by atoms with E-state index in [1.165, 1.54) is 17.0 Å². The molecule has 3 aromatic rings. The maximum Gasteiger partial charge on any atom is 0.232 e. The fraction of sp³-hybridized carbons (Fsp3) is 0.176. The van der Waals surface area contributed by atoms with E-state index < -0.39 is 5.82 Å². The molecule has 1 fully saturated rings. The highest BCUT2D eigenvalue weighted by molar-refractivity contribution is 6.30. The van der Waals surface area contributed by atoms with Gasteiger partial charge >= 0.3 is 0 Å². The second-order valence-electron chi connectivity index (χ2n) is 5.70. The standard InChI is InChI=1S/C17H12ClFN4O2/c18-12-3-4-14(13(19)7-12)23-9-11(6-15(23)24)17-21-16(22-25-17)10-2-1-5-20-8-10/h1-5,7-8,11H,6,9H2. The molecule has 1 atom stereocenters. The number of amides is 1. The van der Waals surface area contributed by atoms with Gasteiger partial charge in [-0.15, -0.1) is 0 Å². The molecule has 1 aliphatic heterocycles. The second kappa shape index (κ2) is 6.25. The van der Waals surface area contributed by atoms with E-state index in [-0.39, 0.29) is 35.5 Å². The van der Waals surface area contributed by atoms with Gasteiger partial charge in [-0.3, -0.25) is 9.78 Å². The smallest absolute Gasteiger partial charge is 0.232 e. The molecule has 6 nitrogen and oxygen atoms in total.